The monoisotopic (exact) mass is 294 g/mol. The van der Waals surface area contributed by atoms with Crippen LogP contribution in [0.15, 0.2) is 4.52 Å². The van der Waals surface area contributed by atoms with Gasteiger partial charge in [0.15, 0.2) is 5.82 Å². The number of likely N-dealkylation sites (N-methyl/N-ethyl adjacent to an activating group) is 1. The molecule has 1 aliphatic carbocycles. The molecule has 1 saturated carbocycles. The Bertz CT molecular complexity index is 512. The van der Waals surface area contributed by atoms with Crippen molar-refractivity contribution in [1.29, 1.82) is 0 Å². The molecule has 6 heteroatoms. The van der Waals surface area contributed by atoms with Gasteiger partial charge in [-0.3, -0.25) is 10.1 Å². The smallest absolute Gasteiger partial charge is 0.236 e. The van der Waals surface area contributed by atoms with E-state index in [1.54, 1.807) is 0 Å². The van der Waals surface area contributed by atoms with Crippen LogP contribution < -0.4 is 5.32 Å². The molecule has 118 valence electrons. The minimum atomic E-state index is -0.507. The average Bonchev–Trinajstić information content (AvgIpc) is 3.09. The second-order valence-corrected chi connectivity index (χ2v) is 7.39. The van der Waals surface area contributed by atoms with Crippen molar-refractivity contribution in [3.8, 4) is 0 Å². The standard InChI is InChI=1S/C15H26N4O2/c1-14(2,3)13-17-12(18-21-13)15(4,5)16-9-11(20)19(6)10-7-8-10/h10,16H,7-9H2,1-6H3. The second-order valence-electron chi connectivity index (χ2n) is 7.39. The number of hydrogen-bond acceptors (Lipinski definition) is 5. The van der Waals surface area contributed by atoms with Crippen LogP contribution in [0.2, 0.25) is 0 Å². The lowest BCUT2D eigenvalue weighted by Crippen LogP contribution is -2.45. The molecule has 21 heavy (non-hydrogen) atoms. The van der Waals surface area contributed by atoms with Gasteiger partial charge in [0.25, 0.3) is 0 Å². The van der Waals surface area contributed by atoms with Gasteiger partial charge in [-0.2, -0.15) is 4.98 Å². The normalized spacial score (nSPS) is 16.1. The van der Waals surface area contributed by atoms with E-state index in [0.717, 1.165) is 12.8 Å². The van der Waals surface area contributed by atoms with Crippen molar-refractivity contribution in [3.05, 3.63) is 11.7 Å². The summed E-state index contributed by atoms with van der Waals surface area (Å²) in [6.07, 6.45) is 2.23. The predicted molar refractivity (Wildman–Crippen MR) is 79.8 cm³/mol. The van der Waals surface area contributed by atoms with Crippen molar-refractivity contribution in [2.45, 2.75) is 64.5 Å². The number of amides is 1. The summed E-state index contributed by atoms with van der Waals surface area (Å²) < 4.78 is 5.32. The Morgan fingerprint density at radius 2 is 1.95 bits per heavy atom. The topological polar surface area (TPSA) is 71.3 Å². The number of aromatic nitrogens is 2. The minimum absolute atomic E-state index is 0.102. The van der Waals surface area contributed by atoms with E-state index in [2.05, 4.69) is 15.5 Å². The Kier molecular flexibility index (Phi) is 4.10. The van der Waals surface area contributed by atoms with Crippen molar-refractivity contribution in [2.75, 3.05) is 13.6 Å². The zero-order valence-corrected chi connectivity index (χ0v) is 13.9. The molecule has 1 aromatic heterocycles. The number of nitrogens with one attached hydrogen (secondary N) is 1. The maximum absolute atomic E-state index is 12.1. The van der Waals surface area contributed by atoms with E-state index < -0.39 is 5.54 Å². The predicted octanol–water partition coefficient (Wildman–Crippen LogP) is 1.81. The average molecular weight is 294 g/mol. The first-order valence-electron chi connectivity index (χ1n) is 7.46. The Hall–Kier alpha value is -1.43. The van der Waals surface area contributed by atoms with Gasteiger partial charge >= 0.3 is 0 Å². The summed E-state index contributed by atoms with van der Waals surface area (Å²) in [5, 5.41) is 7.28. The van der Waals surface area contributed by atoms with Gasteiger partial charge in [-0.1, -0.05) is 25.9 Å². The van der Waals surface area contributed by atoms with Crippen LogP contribution in [0.4, 0.5) is 0 Å². The van der Waals surface area contributed by atoms with Crippen LogP contribution in [-0.4, -0.2) is 40.6 Å². The zero-order chi connectivity index (χ0) is 15.8. The maximum atomic E-state index is 12.1. The molecule has 1 aromatic rings. The zero-order valence-electron chi connectivity index (χ0n) is 13.9. The third kappa shape index (κ3) is 3.81. The van der Waals surface area contributed by atoms with Crippen molar-refractivity contribution in [2.24, 2.45) is 0 Å². The van der Waals surface area contributed by atoms with Gasteiger partial charge in [0.05, 0.1) is 12.1 Å². The highest BCUT2D eigenvalue weighted by molar-refractivity contribution is 5.78. The lowest BCUT2D eigenvalue weighted by atomic mass is 9.97. The van der Waals surface area contributed by atoms with Crippen molar-refractivity contribution in [3.63, 3.8) is 0 Å². The molecule has 0 atom stereocenters. The third-order valence-corrected chi connectivity index (χ3v) is 3.80. The van der Waals surface area contributed by atoms with Crippen molar-refractivity contribution in [1.82, 2.24) is 20.4 Å². The van der Waals surface area contributed by atoms with Crippen molar-refractivity contribution < 1.29 is 9.32 Å². The van der Waals surface area contributed by atoms with Crippen LogP contribution in [0.1, 0.15) is 59.2 Å². The summed E-state index contributed by atoms with van der Waals surface area (Å²) in [6.45, 7) is 10.3. The summed E-state index contributed by atoms with van der Waals surface area (Å²) >= 11 is 0. The first-order chi connectivity index (χ1) is 9.61. The first kappa shape index (κ1) is 15.9. The molecule has 0 unspecified atom stereocenters. The molecular weight excluding hydrogens is 268 g/mol. The van der Waals surface area contributed by atoms with Crippen LogP contribution >= 0.6 is 0 Å². The van der Waals surface area contributed by atoms with E-state index >= 15 is 0 Å². The van der Waals surface area contributed by atoms with E-state index in [4.69, 9.17) is 4.52 Å². The minimum Gasteiger partial charge on any atom is -0.342 e. The highest BCUT2D eigenvalue weighted by Gasteiger charge is 2.33. The lowest BCUT2D eigenvalue weighted by molar-refractivity contribution is -0.129. The fourth-order valence-corrected chi connectivity index (χ4v) is 1.95. The molecule has 0 bridgehead atoms. The van der Waals surface area contributed by atoms with Crippen LogP contribution in [0.5, 0.6) is 0 Å². The second kappa shape index (κ2) is 5.40. The number of nitrogens with zero attached hydrogens (tertiary/aromatic N) is 3. The highest BCUT2D eigenvalue weighted by Crippen LogP contribution is 2.26. The number of carbonyl (C=O) groups is 1. The molecule has 2 rings (SSSR count). The Labute approximate surface area is 126 Å². The molecule has 0 radical (unpaired) electrons. The van der Waals surface area contributed by atoms with E-state index in [1.165, 1.54) is 0 Å². The molecule has 0 spiro atoms. The summed E-state index contributed by atoms with van der Waals surface area (Å²) in [5.74, 6) is 1.29. The molecule has 1 fully saturated rings. The molecule has 1 amide bonds. The van der Waals surface area contributed by atoms with E-state index in [1.807, 2.05) is 46.6 Å². The van der Waals surface area contributed by atoms with Crippen molar-refractivity contribution >= 4 is 5.91 Å². The SMILES string of the molecule is CN(C(=O)CNC(C)(C)c1noc(C(C)(C)C)n1)C1CC1. The summed E-state index contributed by atoms with van der Waals surface area (Å²) in [5.41, 5.74) is -0.684. The molecule has 1 heterocycles. The summed E-state index contributed by atoms with van der Waals surface area (Å²) in [6, 6.07) is 0.431. The lowest BCUT2D eigenvalue weighted by Gasteiger charge is -2.24. The molecule has 0 aromatic carbocycles. The highest BCUT2D eigenvalue weighted by atomic mass is 16.5. The fourth-order valence-electron chi connectivity index (χ4n) is 1.95. The van der Waals surface area contributed by atoms with Gasteiger partial charge in [0.2, 0.25) is 11.8 Å². The number of rotatable bonds is 5. The van der Waals surface area contributed by atoms with Gasteiger partial charge in [-0.15, -0.1) is 0 Å². The largest absolute Gasteiger partial charge is 0.342 e. The first-order valence-corrected chi connectivity index (χ1v) is 7.46. The van der Waals surface area contributed by atoms with Crippen LogP contribution in [0.25, 0.3) is 0 Å². The van der Waals surface area contributed by atoms with Gasteiger partial charge in [-0.05, 0) is 26.7 Å². The molecule has 0 aliphatic heterocycles. The molecular formula is C15H26N4O2. The fraction of sp³-hybridized carbons (Fsp3) is 0.800. The summed E-state index contributed by atoms with van der Waals surface area (Å²) in [7, 11) is 1.86. The molecule has 1 aliphatic rings. The molecule has 0 saturated heterocycles. The van der Waals surface area contributed by atoms with E-state index in [9.17, 15) is 4.79 Å². The molecule has 1 N–H and O–H groups in total. The summed E-state index contributed by atoms with van der Waals surface area (Å²) in [4.78, 5) is 18.3. The Morgan fingerprint density at radius 1 is 1.33 bits per heavy atom. The van der Waals surface area contributed by atoms with Crippen LogP contribution in [-0.2, 0) is 15.7 Å². The van der Waals surface area contributed by atoms with Gasteiger partial charge < -0.3 is 9.42 Å². The van der Waals surface area contributed by atoms with Crippen LogP contribution in [0.3, 0.4) is 0 Å². The molecule has 6 nitrogen and oxygen atoms in total. The number of hydrogen-bond donors (Lipinski definition) is 1. The Morgan fingerprint density at radius 3 is 2.43 bits per heavy atom. The van der Waals surface area contributed by atoms with Gasteiger partial charge in [-0.25, -0.2) is 0 Å². The quantitative estimate of drug-likeness (QED) is 0.897. The number of carbonyl (C=O) groups excluding carboxylic acids is 1. The maximum Gasteiger partial charge on any atom is 0.236 e. The third-order valence-electron chi connectivity index (χ3n) is 3.80. The van der Waals surface area contributed by atoms with Gasteiger partial charge in [0, 0.05) is 18.5 Å². The van der Waals surface area contributed by atoms with Crippen LogP contribution in [0, 0.1) is 0 Å². The Balaban J connectivity index is 1.97. The van der Waals surface area contributed by atoms with Gasteiger partial charge in [0.1, 0.15) is 0 Å². The van der Waals surface area contributed by atoms with E-state index in [-0.39, 0.29) is 17.9 Å². The van der Waals surface area contributed by atoms with E-state index in [0.29, 0.717) is 17.8 Å².